The first kappa shape index (κ1) is 16.8. The smallest absolute Gasteiger partial charge is 0.303 e. The molecular formula is C20H16ClN5O2. The number of carbonyl (C=O) groups is 2. The molecule has 8 heteroatoms. The van der Waals surface area contributed by atoms with E-state index in [2.05, 4.69) is 5.32 Å². The fourth-order valence-corrected chi connectivity index (χ4v) is 3.86. The topological polar surface area (TPSA) is 68.2 Å². The Morgan fingerprint density at radius 2 is 1.75 bits per heavy atom. The maximum absolute atomic E-state index is 12.6. The van der Waals surface area contributed by atoms with E-state index in [1.807, 2.05) is 70.6 Å². The summed E-state index contributed by atoms with van der Waals surface area (Å²) in [5.74, 6) is 0.251. The Hall–Kier alpha value is -3.32. The molecule has 28 heavy (non-hydrogen) atoms. The third-order valence-corrected chi connectivity index (χ3v) is 5.39. The van der Waals surface area contributed by atoms with Crippen molar-refractivity contribution in [3.05, 3.63) is 71.4 Å². The summed E-state index contributed by atoms with van der Waals surface area (Å²) in [6.45, 7) is 0. The number of halogens is 1. The highest BCUT2D eigenvalue weighted by Crippen LogP contribution is 2.39. The highest BCUT2D eigenvalue weighted by atomic mass is 35.5. The van der Waals surface area contributed by atoms with E-state index in [1.54, 1.807) is 7.05 Å². The molecule has 0 bridgehead atoms. The van der Waals surface area contributed by atoms with Crippen LogP contribution in [-0.2, 0) is 4.79 Å². The lowest BCUT2D eigenvalue weighted by molar-refractivity contribution is -0.126. The SMILES string of the molecule is CN1C(=O)NC(=O)C2C1N=C1N(c3ccc(Cl)cc3)C(c3ccccc3)=CN12. The first-order valence-electron chi connectivity index (χ1n) is 8.81. The summed E-state index contributed by atoms with van der Waals surface area (Å²) in [5, 5.41) is 3.03. The summed E-state index contributed by atoms with van der Waals surface area (Å²) < 4.78 is 0. The van der Waals surface area contributed by atoms with E-state index in [9.17, 15) is 9.59 Å². The van der Waals surface area contributed by atoms with Crippen molar-refractivity contribution >= 4 is 40.9 Å². The molecule has 2 aromatic rings. The molecule has 1 N–H and O–H groups in total. The minimum absolute atomic E-state index is 0.353. The van der Waals surface area contributed by atoms with Crippen LogP contribution < -0.4 is 10.2 Å². The van der Waals surface area contributed by atoms with Gasteiger partial charge in [0.1, 0.15) is 0 Å². The molecule has 0 aromatic heterocycles. The lowest BCUT2D eigenvalue weighted by Gasteiger charge is -2.34. The standard InChI is InChI=1S/C20H16ClN5O2/c1-24-17-16(18(27)23-20(24)28)25-11-15(12-5-3-2-4-6-12)26(19(25)22-17)14-9-7-13(21)8-10-14/h2-11,16-17H,1H3,(H,23,27,28). The van der Waals surface area contributed by atoms with Gasteiger partial charge in [-0.2, -0.15) is 0 Å². The van der Waals surface area contributed by atoms with Gasteiger partial charge in [-0.25, -0.2) is 9.79 Å². The van der Waals surface area contributed by atoms with Crippen LogP contribution in [0.25, 0.3) is 5.70 Å². The largest absolute Gasteiger partial charge is 0.325 e. The monoisotopic (exact) mass is 393 g/mol. The van der Waals surface area contributed by atoms with Gasteiger partial charge >= 0.3 is 6.03 Å². The Labute approximate surface area is 166 Å². The Morgan fingerprint density at radius 3 is 2.46 bits per heavy atom. The fourth-order valence-electron chi connectivity index (χ4n) is 3.74. The van der Waals surface area contributed by atoms with E-state index < -0.39 is 18.2 Å². The zero-order chi connectivity index (χ0) is 19.4. The molecule has 3 amide bonds. The number of likely N-dealkylation sites (N-methyl/N-ethyl adjacent to an activating group) is 1. The number of carbonyl (C=O) groups excluding carboxylic acids is 2. The minimum atomic E-state index is -0.603. The maximum atomic E-state index is 12.6. The second kappa shape index (κ2) is 6.10. The number of anilines is 1. The lowest BCUT2D eigenvalue weighted by atomic mass is 10.1. The summed E-state index contributed by atoms with van der Waals surface area (Å²) in [6.07, 6.45) is 1.34. The quantitative estimate of drug-likeness (QED) is 0.851. The Kier molecular flexibility index (Phi) is 3.67. The molecule has 3 heterocycles. The molecule has 7 nitrogen and oxygen atoms in total. The number of nitrogens with zero attached hydrogens (tertiary/aromatic N) is 4. The number of nitrogens with one attached hydrogen (secondary N) is 1. The summed E-state index contributed by atoms with van der Waals surface area (Å²) in [7, 11) is 1.64. The van der Waals surface area contributed by atoms with Gasteiger partial charge in [0, 0.05) is 29.5 Å². The number of rotatable bonds is 2. The number of benzene rings is 2. The van der Waals surface area contributed by atoms with Crippen molar-refractivity contribution in [1.29, 1.82) is 0 Å². The van der Waals surface area contributed by atoms with Crippen LogP contribution in [0.15, 0.2) is 65.8 Å². The molecule has 5 rings (SSSR count). The molecule has 140 valence electrons. The van der Waals surface area contributed by atoms with E-state index >= 15 is 0 Å². The summed E-state index contributed by atoms with van der Waals surface area (Å²) in [4.78, 5) is 34.6. The molecule has 0 aliphatic carbocycles. The van der Waals surface area contributed by atoms with Crippen LogP contribution >= 0.6 is 11.6 Å². The predicted molar refractivity (Wildman–Crippen MR) is 107 cm³/mol. The third kappa shape index (κ3) is 2.40. The van der Waals surface area contributed by atoms with Crippen LogP contribution in [0.5, 0.6) is 0 Å². The van der Waals surface area contributed by atoms with Crippen molar-refractivity contribution in [3.63, 3.8) is 0 Å². The minimum Gasteiger partial charge on any atom is -0.303 e. The highest BCUT2D eigenvalue weighted by Gasteiger charge is 2.52. The van der Waals surface area contributed by atoms with Crippen molar-refractivity contribution in [2.75, 3.05) is 11.9 Å². The van der Waals surface area contributed by atoms with Crippen molar-refractivity contribution in [3.8, 4) is 0 Å². The molecule has 0 spiro atoms. The van der Waals surface area contributed by atoms with Crippen LogP contribution in [0, 0.1) is 0 Å². The number of amides is 3. The summed E-state index contributed by atoms with van der Waals surface area (Å²) in [6, 6.07) is 16.3. The number of aliphatic imine (C=N–C) groups is 1. The molecule has 0 saturated carbocycles. The van der Waals surface area contributed by atoms with Crippen LogP contribution in [0.1, 0.15) is 5.56 Å². The zero-order valence-electron chi connectivity index (χ0n) is 14.9. The van der Waals surface area contributed by atoms with Crippen molar-refractivity contribution < 1.29 is 9.59 Å². The van der Waals surface area contributed by atoms with Crippen LogP contribution in [0.4, 0.5) is 10.5 Å². The second-order valence-electron chi connectivity index (χ2n) is 6.79. The molecular weight excluding hydrogens is 378 g/mol. The fraction of sp³-hybridized carbons (Fsp3) is 0.150. The number of urea groups is 1. The molecule has 0 radical (unpaired) electrons. The number of hydrogen-bond donors (Lipinski definition) is 1. The molecule has 1 saturated heterocycles. The van der Waals surface area contributed by atoms with Crippen molar-refractivity contribution in [2.24, 2.45) is 4.99 Å². The first-order chi connectivity index (χ1) is 13.5. The normalized spacial score (nSPS) is 23.3. The Bertz CT molecular complexity index is 1030. The number of imide groups is 1. The molecule has 3 aliphatic heterocycles. The average Bonchev–Trinajstić information content (AvgIpc) is 3.24. The van der Waals surface area contributed by atoms with Gasteiger partial charge in [-0.05, 0) is 24.3 Å². The van der Waals surface area contributed by atoms with E-state index in [4.69, 9.17) is 16.6 Å². The van der Waals surface area contributed by atoms with Gasteiger partial charge in [0.15, 0.2) is 12.2 Å². The third-order valence-electron chi connectivity index (χ3n) is 5.13. The molecule has 1 fully saturated rings. The lowest BCUT2D eigenvalue weighted by Crippen LogP contribution is -2.62. The van der Waals surface area contributed by atoms with Gasteiger partial charge in [0.2, 0.25) is 5.96 Å². The molecule has 2 unspecified atom stereocenters. The number of hydrogen-bond acceptors (Lipinski definition) is 5. The number of fused-ring (bicyclic) bond motifs is 3. The average molecular weight is 394 g/mol. The number of guanidine groups is 1. The van der Waals surface area contributed by atoms with Crippen LogP contribution in [0.3, 0.4) is 0 Å². The Balaban J connectivity index is 1.64. The van der Waals surface area contributed by atoms with E-state index in [1.165, 1.54) is 4.90 Å². The van der Waals surface area contributed by atoms with Crippen LogP contribution in [0.2, 0.25) is 5.02 Å². The van der Waals surface area contributed by atoms with E-state index in [0.29, 0.717) is 11.0 Å². The van der Waals surface area contributed by atoms with Gasteiger partial charge < -0.3 is 4.90 Å². The highest BCUT2D eigenvalue weighted by molar-refractivity contribution is 6.30. The van der Waals surface area contributed by atoms with Gasteiger partial charge in [0.25, 0.3) is 5.91 Å². The Morgan fingerprint density at radius 1 is 1.04 bits per heavy atom. The maximum Gasteiger partial charge on any atom is 0.325 e. The summed E-state index contributed by atoms with van der Waals surface area (Å²) >= 11 is 6.07. The molecule has 2 aromatic carbocycles. The van der Waals surface area contributed by atoms with E-state index in [-0.39, 0.29) is 5.91 Å². The van der Waals surface area contributed by atoms with Gasteiger partial charge in [-0.3, -0.25) is 19.9 Å². The second-order valence-corrected chi connectivity index (χ2v) is 7.23. The van der Waals surface area contributed by atoms with E-state index in [0.717, 1.165) is 16.9 Å². The first-order valence-corrected chi connectivity index (χ1v) is 9.19. The molecule has 2 atom stereocenters. The van der Waals surface area contributed by atoms with Gasteiger partial charge in [0.05, 0.1) is 5.70 Å². The molecule has 3 aliphatic rings. The van der Waals surface area contributed by atoms with Gasteiger partial charge in [-0.1, -0.05) is 41.9 Å². The van der Waals surface area contributed by atoms with Crippen molar-refractivity contribution in [2.45, 2.75) is 12.2 Å². The summed E-state index contributed by atoms with van der Waals surface area (Å²) in [5.41, 5.74) is 2.76. The van der Waals surface area contributed by atoms with Gasteiger partial charge in [-0.15, -0.1) is 0 Å². The predicted octanol–water partition coefficient (Wildman–Crippen LogP) is 2.71. The zero-order valence-corrected chi connectivity index (χ0v) is 15.7. The van der Waals surface area contributed by atoms with Crippen LogP contribution in [-0.4, -0.2) is 47.0 Å². The van der Waals surface area contributed by atoms with Crippen molar-refractivity contribution in [1.82, 2.24) is 15.1 Å².